The molecule has 0 atom stereocenters. The first-order valence-corrected chi connectivity index (χ1v) is 33.5. The standard InChI is InChI=1S/C91H55N7/c92-56-71-78(97-76-51-26-20-45-69(76)84-88-80(65-41-16-22-47-72(65)93(88)61-33-8-2-9-34-61)86-82(90(84)97)67-43-18-24-49-74(67)95(86)63-37-12-4-13-38-63)54-60(59-32-28-31-58(53-59)57-29-6-1-7-30-57)55-79(71)98-77-52-27-21-46-70(77)85-89-81(66-42-17-23-48-73(66)94(89)62-35-10-3-11-36-62)87-83(91(85)98)68-44-19-25-50-75(68)96(87)64-39-14-5-15-40-64/h1-55H. The molecule has 98 heavy (non-hydrogen) atoms. The first-order chi connectivity index (χ1) is 48.7. The highest BCUT2D eigenvalue weighted by atomic mass is 15.1. The Morgan fingerprint density at radius 2 is 0.418 bits per heavy atom. The van der Waals surface area contributed by atoms with Gasteiger partial charge >= 0.3 is 0 Å². The van der Waals surface area contributed by atoms with Crippen LogP contribution in [0.2, 0.25) is 0 Å². The molecule has 21 aromatic rings. The zero-order valence-corrected chi connectivity index (χ0v) is 52.9. The largest absolute Gasteiger partial charge is 0.308 e. The van der Waals surface area contributed by atoms with E-state index in [2.05, 4.69) is 367 Å². The van der Waals surface area contributed by atoms with Gasteiger partial charge in [-0.05, 0) is 125 Å². The number of hydrogen-bond acceptors (Lipinski definition) is 1. The molecule has 0 aliphatic heterocycles. The lowest BCUT2D eigenvalue weighted by molar-refractivity contribution is 1.12. The zero-order valence-electron chi connectivity index (χ0n) is 52.9. The summed E-state index contributed by atoms with van der Waals surface area (Å²) in [5.74, 6) is 0. The predicted molar refractivity (Wildman–Crippen MR) is 408 cm³/mol. The average molecular weight is 1250 g/mol. The number of para-hydroxylation sites is 10. The average Bonchev–Trinajstić information content (AvgIpc) is 1.51. The van der Waals surface area contributed by atoms with E-state index < -0.39 is 0 Å². The molecule has 21 rings (SSSR count). The highest BCUT2D eigenvalue weighted by Crippen LogP contribution is 2.54. The lowest BCUT2D eigenvalue weighted by Crippen LogP contribution is -2.06. The van der Waals surface area contributed by atoms with Crippen LogP contribution in [-0.4, -0.2) is 27.4 Å². The van der Waals surface area contributed by atoms with Gasteiger partial charge < -0.3 is 27.4 Å². The summed E-state index contributed by atoms with van der Waals surface area (Å²) in [7, 11) is 0. The molecule has 0 spiro atoms. The zero-order chi connectivity index (χ0) is 64.3. The summed E-state index contributed by atoms with van der Waals surface area (Å²) in [6, 6.07) is 124. The quantitative estimate of drug-likeness (QED) is 0.150. The summed E-state index contributed by atoms with van der Waals surface area (Å²) in [4.78, 5) is 0. The molecule has 0 fully saturated rings. The van der Waals surface area contributed by atoms with E-state index in [9.17, 15) is 5.26 Å². The number of nitrogens with zero attached hydrogens (tertiary/aromatic N) is 7. The molecule has 7 nitrogen and oxygen atoms in total. The van der Waals surface area contributed by atoms with Gasteiger partial charge in [0.25, 0.3) is 0 Å². The molecule has 0 unspecified atom stereocenters. The van der Waals surface area contributed by atoms with Crippen LogP contribution >= 0.6 is 0 Å². The van der Waals surface area contributed by atoms with Gasteiger partial charge in [-0.25, -0.2) is 0 Å². The molecular formula is C91H55N7. The molecule has 0 aliphatic carbocycles. The second-order valence-electron chi connectivity index (χ2n) is 25.7. The van der Waals surface area contributed by atoms with E-state index in [0.717, 1.165) is 187 Å². The molecule has 0 amide bonds. The molecule has 0 N–H and O–H groups in total. The molecule has 15 aromatic carbocycles. The summed E-state index contributed by atoms with van der Waals surface area (Å²) in [6.07, 6.45) is 0. The van der Waals surface area contributed by atoms with Crippen LogP contribution < -0.4 is 0 Å². The number of nitriles is 1. The minimum absolute atomic E-state index is 0.533. The van der Waals surface area contributed by atoms with Crippen LogP contribution in [0.15, 0.2) is 334 Å². The Hall–Kier alpha value is -13.4. The van der Waals surface area contributed by atoms with Crippen molar-refractivity contribution in [3.8, 4) is 62.4 Å². The third-order valence-corrected chi connectivity index (χ3v) is 20.7. The van der Waals surface area contributed by atoms with E-state index in [0.29, 0.717) is 5.56 Å². The maximum atomic E-state index is 13.0. The number of aromatic nitrogens is 6. The second kappa shape index (κ2) is 20.8. The van der Waals surface area contributed by atoms with Crippen molar-refractivity contribution in [3.05, 3.63) is 339 Å². The van der Waals surface area contributed by atoms with Crippen LogP contribution in [0.1, 0.15) is 5.56 Å². The molecular weight excluding hydrogens is 1190 g/mol. The van der Waals surface area contributed by atoms with E-state index in [1.165, 1.54) is 0 Å². The summed E-state index contributed by atoms with van der Waals surface area (Å²) in [5, 5.41) is 26.5. The monoisotopic (exact) mass is 1250 g/mol. The third kappa shape index (κ3) is 7.40. The maximum absolute atomic E-state index is 13.0. The predicted octanol–water partition coefficient (Wildman–Crippen LogP) is 23.5. The molecule has 6 aromatic heterocycles. The molecule has 7 heteroatoms. The Labute approximate surface area is 561 Å². The van der Waals surface area contributed by atoms with Crippen LogP contribution in [0.25, 0.3) is 187 Å². The SMILES string of the molecule is N#Cc1c(-n2c3ccccc3c3c4c(c5ccccc5n4-c4ccccc4)c4c(c5ccccc5n4-c4ccccc4)c32)cc(-c2cccc(-c3ccccc3)c2)cc1-n1c2ccccc2c2c3c(c4ccccc4n3-c3ccccc3)c3c(c4ccccc4n3-c3ccccc3)c21. The van der Waals surface area contributed by atoms with E-state index in [1.807, 2.05) is 0 Å². The molecule has 454 valence electrons. The van der Waals surface area contributed by atoms with E-state index in [-0.39, 0.29) is 0 Å². The van der Waals surface area contributed by atoms with E-state index >= 15 is 0 Å². The van der Waals surface area contributed by atoms with Crippen molar-refractivity contribution in [1.82, 2.24) is 27.4 Å². The summed E-state index contributed by atoms with van der Waals surface area (Å²) >= 11 is 0. The fraction of sp³-hybridized carbons (Fsp3) is 0. The van der Waals surface area contributed by atoms with Gasteiger partial charge in [0.05, 0.1) is 77.6 Å². The second-order valence-corrected chi connectivity index (χ2v) is 25.7. The van der Waals surface area contributed by atoms with Crippen LogP contribution in [-0.2, 0) is 0 Å². The van der Waals surface area contributed by atoms with Gasteiger partial charge in [-0.1, -0.05) is 231 Å². The summed E-state index contributed by atoms with van der Waals surface area (Å²) < 4.78 is 14.9. The molecule has 0 saturated heterocycles. The number of fused-ring (bicyclic) bond motifs is 24. The third-order valence-electron chi connectivity index (χ3n) is 20.7. The Morgan fingerprint density at radius 1 is 0.194 bits per heavy atom. The minimum Gasteiger partial charge on any atom is -0.308 e. The Kier molecular flexibility index (Phi) is 11.5. The van der Waals surface area contributed by atoms with Crippen molar-refractivity contribution in [2.45, 2.75) is 0 Å². The Bertz CT molecular complexity index is 6440. The molecule has 0 bridgehead atoms. The van der Waals surface area contributed by atoms with Crippen molar-refractivity contribution < 1.29 is 0 Å². The molecule has 0 saturated carbocycles. The van der Waals surface area contributed by atoms with Crippen molar-refractivity contribution in [1.29, 1.82) is 5.26 Å². The highest BCUT2D eigenvalue weighted by Gasteiger charge is 2.33. The topological polar surface area (TPSA) is 53.4 Å². The highest BCUT2D eigenvalue weighted by molar-refractivity contribution is 6.42. The van der Waals surface area contributed by atoms with Gasteiger partial charge in [0.15, 0.2) is 0 Å². The molecule has 0 radical (unpaired) electrons. The summed E-state index contributed by atoms with van der Waals surface area (Å²) in [5.41, 5.74) is 23.3. The van der Waals surface area contributed by atoms with Gasteiger partial charge in [-0.15, -0.1) is 0 Å². The van der Waals surface area contributed by atoms with Crippen LogP contribution in [0, 0.1) is 11.3 Å². The van der Waals surface area contributed by atoms with Crippen molar-refractivity contribution in [3.63, 3.8) is 0 Å². The van der Waals surface area contributed by atoms with Crippen molar-refractivity contribution in [2.24, 2.45) is 0 Å². The first-order valence-electron chi connectivity index (χ1n) is 33.5. The number of benzene rings is 15. The van der Waals surface area contributed by atoms with Gasteiger partial charge in [0, 0.05) is 87.4 Å². The van der Waals surface area contributed by atoms with Gasteiger partial charge in [-0.3, -0.25) is 0 Å². The van der Waals surface area contributed by atoms with Gasteiger partial charge in [0.1, 0.15) is 11.6 Å². The number of hydrogen-bond donors (Lipinski definition) is 0. The van der Waals surface area contributed by atoms with Crippen molar-refractivity contribution >= 4 is 131 Å². The summed E-state index contributed by atoms with van der Waals surface area (Å²) in [6.45, 7) is 0. The first kappa shape index (κ1) is 54.0. The number of rotatable bonds is 8. The van der Waals surface area contributed by atoms with Gasteiger partial charge in [-0.2, -0.15) is 5.26 Å². The van der Waals surface area contributed by atoms with Crippen LogP contribution in [0.3, 0.4) is 0 Å². The lowest BCUT2D eigenvalue weighted by atomic mass is 9.96. The molecule has 6 heterocycles. The normalized spacial score (nSPS) is 12.1. The smallest absolute Gasteiger partial charge is 0.104 e. The lowest BCUT2D eigenvalue weighted by Gasteiger charge is -2.20. The fourth-order valence-corrected chi connectivity index (χ4v) is 16.9. The van der Waals surface area contributed by atoms with Gasteiger partial charge in [0.2, 0.25) is 0 Å². The van der Waals surface area contributed by atoms with Crippen LogP contribution in [0.4, 0.5) is 0 Å². The van der Waals surface area contributed by atoms with E-state index in [1.54, 1.807) is 0 Å². The maximum Gasteiger partial charge on any atom is 0.104 e. The van der Waals surface area contributed by atoms with E-state index in [4.69, 9.17) is 0 Å². The van der Waals surface area contributed by atoms with Crippen LogP contribution in [0.5, 0.6) is 0 Å². The van der Waals surface area contributed by atoms with Crippen molar-refractivity contribution in [2.75, 3.05) is 0 Å². The Balaban J connectivity index is 1.02. The molecule has 0 aliphatic rings. The minimum atomic E-state index is 0.533. The fourth-order valence-electron chi connectivity index (χ4n) is 16.9. The Morgan fingerprint density at radius 3 is 0.704 bits per heavy atom.